The zero-order valence-electron chi connectivity index (χ0n) is 10.7. The smallest absolute Gasteiger partial charge is 0.166 e. The molecule has 94 valence electrons. The van der Waals surface area contributed by atoms with Crippen LogP contribution in [-0.2, 0) is 0 Å². The maximum absolute atomic E-state index is 12.3. The van der Waals surface area contributed by atoms with E-state index in [1.54, 1.807) is 0 Å². The number of carbonyl (C=O) groups is 1. The van der Waals surface area contributed by atoms with Gasteiger partial charge in [-0.25, -0.2) is 0 Å². The number of ketones is 1. The van der Waals surface area contributed by atoms with Crippen molar-refractivity contribution >= 4 is 27.7 Å². The average Bonchev–Trinajstić information content (AvgIpc) is 3.05. The van der Waals surface area contributed by atoms with Crippen LogP contribution in [0.3, 0.4) is 0 Å². The molecule has 1 aliphatic carbocycles. The second kappa shape index (κ2) is 3.70. The predicted octanol–water partition coefficient (Wildman–Crippen LogP) is 4.42. The molecule has 0 saturated heterocycles. The van der Waals surface area contributed by atoms with Crippen LogP contribution in [0, 0.1) is 11.8 Å². The highest BCUT2D eigenvalue weighted by Crippen LogP contribution is 2.41. The summed E-state index contributed by atoms with van der Waals surface area (Å²) in [6, 6.07) is 13.7. The first kappa shape index (κ1) is 10.8. The molecule has 1 fully saturated rings. The summed E-state index contributed by atoms with van der Waals surface area (Å²) in [7, 11) is 0. The summed E-state index contributed by atoms with van der Waals surface area (Å²) < 4.78 is 5.77. The fourth-order valence-corrected chi connectivity index (χ4v) is 2.78. The molecule has 1 saturated carbocycles. The number of furan rings is 1. The van der Waals surface area contributed by atoms with E-state index in [2.05, 4.69) is 6.92 Å². The SMILES string of the molecule is CC1CC1C(=O)c1ccc2oc3ccccc3c2c1. The van der Waals surface area contributed by atoms with Crippen molar-refractivity contribution in [1.29, 1.82) is 0 Å². The van der Waals surface area contributed by atoms with Gasteiger partial charge in [0.2, 0.25) is 0 Å². The second-order valence-corrected chi connectivity index (χ2v) is 5.49. The Hall–Kier alpha value is -2.09. The molecule has 0 amide bonds. The van der Waals surface area contributed by atoms with Crippen LogP contribution in [0.2, 0.25) is 0 Å². The molecule has 2 nitrogen and oxygen atoms in total. The van der Waals surface area contributed by atoms with Crippen molar-refractivity contribution in [3.8, 4) is 0 Å². The third kappa shape index (κ3) is 1.60. The zero-order valence-corrected chi connectivity index (χ0v) is 10.7. The monoisotopic (exact) mass is 250 g/mol. The number of benzene rings is 2. The Morgan fingerprint density at radius 2 is 1.84 bits per heavy atom. The minimum atomic E-state index is 0.232. The van der Waals surface area contributed by atoms with Gasteiger partial charge in [-0.05, 0) is 36.6 Å². The van der Waals surface area contributed by atoms with E-state index in [0.29, 0.717) is 5.92 Å². The van der Waals surface area contributed by atoms with E-state index in [4.69, 9.17) is 4.42 Å². The topological polar surface area (TPSA) is 30.2 Å². The molecule has 0 aliphatic heterocycles. The van der Waals surface area contributed by atoms with E-state index in [1.165, 1.54) is 0 Å². The Morgan fingerprint density at radius 3 is 2.63 bits per heavy atom. The van der Waals surface area contributed by atoms with Gasteiger partial charge in [0.1, 0.15) is 11.2 Å². The maximum Gasteiger partial charge on any atom is 0.166 e. The minimum absolute atomic E-state index is 0.232. The molecule has 2 heteroatoms. The van der Waals surface area contributed by atoms with Crippen LogP contribution in [0.15, 0.2) is 46.9 Å². The van der Waals surface area contributed by atoms with Gasteiger partial charge in [-0.15, -0.1) is 0 Å². The maximum atomic E-state index is 12.3. The van der Waals surface area contributed by atoms with Crippen molar-refractivity contribution in [3.63, 3.8) is 0 Å². The van der Waals surface area contributed by atoms with Crippen LogP contribution < -0.4 is 0 Å². The van der Waals surface area contributed by atoms with Crippen molar-refractivity contribution in [2.75, 3.05) is 0 Å². The fraction of sp³-hybridized carbons (Fsp3) is 0.235. The fourth-order valence-electron chi connectivity index (χ4n) is 2.78. The van der Waals surface area contributed by atoms with E-state index in [1.807, 2.05) is 42.5 Å². The number of rotatable bonds is 2. The van der Waals surface area contributed by atoms with Gasteiger partial charge in [-0.1, -0.05) is 25.1 Å². The van der Waals surface area contributed by atoms with Crippen molar-refractivity contribution in [2.24, 2.45) is 11.8 Å². The predicted molar refractivity (Wildman–Crippen MR) is 75.3 cm³/mol. The summed E-state index contributed by atoms with van der Waals surface area (Å²) in [4.78, 5) is 12.3. The van der Waals surface area contributed by atoms with Crippen molar-refractivity contribution in [3.05, 3.63) is 48.0 Å². The number of Topliss-reactive ketones (excluding diaryl/α,β-unsaturated/α-hetero) is 1. The van der Waals surface area contributed by atoms with Crippen LogP contribution >= 0.6 is 0 Å². The Balaban J connectivity index is 1.90. The third-order valence-electron chi connectivity index (χ3n) is 4.11. The van der Waals surface area contributed by atoms with Crippen LogP contribution in [0.1, 0.15) is 23.7 Å². The van der Waals surface area contributed by atoms with Crippen molar-refractivity contribution < 1.29 is 9.21 Å². The lowest BCUT2D eigenvalue weighted by Gasteiger charge is -1.99. The number of hydrogen-bond donors (Lipinski definition) is 0. The normalized spacial score (nSPS) is 21.9. The highest BCUT2D eigenvalue weighted by Gasteiger charge is 2.39. The van der Waals surface area contributed by atoms with Crippen molar-refractivity contribution in [2.45, 2.75) is 13.3 Å². The Bertz CT molecular complexity index is 797. The van der Waals surface area contributed by atoms with Gasteiger partial charge in [0, 0.05) is 22.3 Å². The lowest BCUT2D eigenvalue weighted by molar-refractivity contribution is 0.0962. The van der Waals surface area contributed by atoms with Gasteiger partial charge in [0.25, 0.3) is 0 Å². The molecule has 0 spiro atoms. The molecule has 1 aliphatic rings. The molecule has 19 heavy (non-hydrogen) atoms. The minimum Gasteiger partial charge on any atom is -0.456 e. The van der Waals surface area contributed by atoms with Gasteiger partial charge in [0.15, 0.2) is 5.78 Å². The lowest BCUT2D eigenvalue weighted by atomic mass is 10.0. The summed E-state index contributed by atoms with van der Waals surface area (Å²) in [6.07, 6.45) is 1.03. The first-order valence-corrected chi connectivity index (χ1v) is 6.69. The highest BCUT2D eigenvalue weighted by molar-refractivity contribution is 6.09. The van der Waals surface area contributed by atoms with Crippen LogP contribution in [0.5, 0.6) is 0 Å². The average molecular weight is 250 g/mol. The van der Waals surface area contributed by atoms with Crippen LogP contribution in [0.25, 0.3) is 21.9 Å². The third-order valence-corrected chi connectivity index (χ3v) is 4.11. The Kier molecular flexibility index (Phi) is 2.10. The summed E-state index contributed by atoms with van der Waals surface area (Å²) in [5.74, 6) is 1.06. The molecule has 0 bridgehead atoms. The van der Waals surface area contributed by atoms with Crippen molar-refractivity contribution in [1.82, 2.24) is 0 Å². The highest BCUT2D eigenvalue weighted by atomic mass is 16.3. The number of carbonyl (C=O) groups excluding carboxylic acids is 1. The standard InChI is InChI=1S/C17H14O2/c1-10-8-13(10)17(18)11-6-7-16-14(9-11)12-4-2-3-5-15(12)19-16/h2-7,9-10,13H,8H2,1H3. The zero-order chi connectivity index (χ0) is 13.0. The van der Waals surface area contributed by atoms with Gasteiger partial charge in [0.05, 0.1) is 0 Å². The van der Waals surface area contributed by atoms with E-state index < -0.39 is 0 Å². The molecule has 3 aromatic rings. The van der Waals surface area contributed by atoms with E-state index >= 15 is 0 Å². The molecule has 4 rings (SSSR count). The van der Waals surface area contributed by atoms with Gasteiger partial charge >= 0.3 is 0 Å². The first-order chi connectivity index (χ1) is 9.24. The Labute approximate surface area is 111 Å². The molecule has 2 atom stereocenters. The molecule has 0 radical (unpaired) electrons. The number of hydrogen-bond acceptors (Lipinski definition) is 2. The molecular formula is C17H14O2. The number of para-hydroxylation sites is 1. The molecular weight excluding hydrogens is 236 g/mol. The second-order valence-electron chi connectivity index (χ2n) is 5.49. The van der Waals surface area contributed by atoms with E-state index in [9.17, 15) is 4.79 Å². The van der Waals surface area contributed by atoms with Gasteiger partial charge in [-0.3, -0.25) is 4.79 Å². The lowest BCUT2D eigenvalue weighted by Crippen LogP contribution is -2.02. The van der Waals surface area contributed by atoms with E-state index in [0.717, 1.165) is 33.9 Å². The molecule has 2 aromatic carbocycles. The van der Waals surface area contributed by atoms with Gasteiger partial charge < -0.3 is 4.42 Å². The molecule has 2 unspecified atom stereocenters. The quantitative estimate of drug-likeness (QED) is 0.630. The summed E-state index contributed by atoms with van der Waals surface area (Å²) >= 11 is 0. The number of fused-ring (bicyclic) bond motifs is 3. The Morgan fingerprint density at radius 1 is 1.11 bits per heavy atom. The summed E-state index contributed by atoms with van der Waals surface area (Å²) in [5.41, 5.74) is 2.54. The molecule has 1 aromatic heterocycles. The largest absolute Gasteiger partial charge is 0.456 e. The first-order valence-electron chi connectivity index (χ1n) is 6.69. The van der Waals surface area contributed by atoms with Crippen LogP contribution in [0.4, 0.5) is 0 Å². The van der Waals surface area contributed by atoms with E-state index in [-0.39, 0.29) is 11.7 Å². The molecule has 0 N–H and O–H groups in total. The summed E-state index contributed by atoms with van der Waals surface area (Å²) in [5, 5.41) is 2.12. The molecule has 1 heterocycles. The summed E-state index contributed by atoms with van der Waals surface area (Å²) in [6.45, 7) is 2.13. The van der Waals surface area contributed by atoms with Crippen LogP contribution in [-0.4, -0.2) is 5.78 Å². The van der Waals surface area contributed by atoms with Gasteiger partial charge in [-0.2, -0.15) is 0 Å².